The van der Waals surface area contributed by atoms with Crippen LogP contribution in [0.1, 0.15) is 64.4 Å². The summed E-state index contributed by atoms with van der Waals surface area (Å²) in [6.45, 7) is 9.10. The molecule has 0 aromatic heterocycles. The third-order valence-electron chi connectivity index (χ3n) is 7.29. The number of ether oxygens (including phenoxy) is 3. The zero-order valence-electron chi connectivity index (χ0n) is 21.0. The van der Waals surface area contributed by atoms with Crippen LogP contribution in [0.3, 0.4) is 0 Å². The van der Waals surface area contributed by atoms with Crippen molar-refractivity contribution in [2.75, 3.05) is 32.9 Å². The fourth-order valence-corrected chi connectivity index (χ4v) is 5.29. The molecule has 2 aromatic rings. The lowest BCUT2D eigenvalue weighted by Gasteiger charge is -2.30. The average Bonchev–Trinajstić information content (AvgIpc) is 2.86. The van der Waals surface area contributed by atoms with Crippen LogP contribution in [-0.4, -0.2) is 49.9 Å². The Balaban J connectivity index is 1.26. The predicted molar refractivity (Wildman–Crippen MR) is 136 cm³/mol. The third kappa shape index (κ3) is 6.96. The second-order valence-electron chi connectivity index (χ2n) is 9.98. The quantitative estimate of drug-likeness (QED) is 0.318. The van der Waals surface area contributed by atoms with E-state index in [1.54, 1.807) is 0 Å². The first-order valence-electron chi connectivity index (χ1n) is 13.3. The molecule has 5 heteroatoms. The predicted octanol–water partition coefficient (Wildman–Crippen LogP) is 5.98. The van der Waals surface area contributed by atoms with Gasteiger partial charge >= 0.3 is 5.97 Å². The van der Waals surface area contributed by atoms with Crippen LogP contribution in [0.5, 0.6) is 5.75 Å². The van der Waals surface area contributed by atoms with Crippen molar-refractivity contribution in [2.24, 2.45) is 11.8 Å². The van der Waals surface area contributed by atoms with E-state index in [-0.39, 0.29) is 11.9 Å². The summed E-state index contributed by atoms with van der Waals surface area (Å²) in [5, 5.41) is 2.48. The normalized spacial score (nSPS) is 22.1. The molecule has 0 spiro atoms. The van der Waals surface area contributed by atoms with Crippen molar-refractivity contribution in [3.63, 3.8) is 0 Å². The van der Waals surface area contributed by atoms with Gasteiger partial charge in [-0.15, -0.1) is 0 Å². The standard InChI is InChI=1S/C29H41NO4/c1-3-17-32-21-22-6-10-27(11-7-22)34-28-12-9-25-18-23(5-8-26(25)19-28)20-30-15-13-24(14-16-30)29(31)33-4-2/h5,8-9,12,18-19,22,24,27H,3-4,6-7,10-11,13-17,20-21H2,1-2H3. The minimum atomic E-state index is -0.0279. The molecule has 1 aliphatic heterocycles. The van der Waals surface area contributed by atoms with Crippen LogP contribution >= 0.6 is 0 Å². The Hall–Kier alpha value is -2.11. The average molecular weight is 468 g/mol. The minimum Gasteiger partial charge on any atom is -0.490 e. The van der Waals surface area contributed by atoms with Crippen molar-refractivity contribution >= 4 is 16.7 Å². The smallest absolute Gasteiger partial charge is 0.309 e. The van der Waals surface area contributed by atoms with Gasteiger partial charge in [-0.25, -0.2) is 0 Å². The molecular formula is C29H41NO4. The highest BCUT2D eigenvalue weighted by Gasteiger charge is 2.26. The van der Waals surface area contributed by atoms with Gasteiger partial charge in [0.25, 0.3) is 0 Å². The monoisotopic (exact) mass is 467 g/mol. The van der Waals surface area contributed by atoms with Gasteiger partial charge < -0.3 is 14.2 Å². The van der Waals surface area contributed by atoms with Crippen molar-refractivity contribution in [3.8, 4) is 5.75 Å². The minimum absolute atomic E-state index is 0.0279. The van der Waals surface area contributed by atoms with Crippen molar-refractivity contribution in [3.05, 3.63) is 42.0 Å². The number of hydrogen-bond acceptors (Lipinski definition) is 5. The van der Waals surface area contributed by atoms with E-state index in [1.807, 2.05) is 6.92 Å². The van der Waals surface area contributed by atoms with Crippen LogP contribution in [0.25, 0.3) is 10.8 Å². The number of rotatable bonds is 10. The van der Waals surface area contributed by atoms with E-state index >= 15 is 0 Å². The highest BCUT2D eigenvalue weighted by molar-refractivity contribution is 5.84. The van der Waals surface area contributed by atoms with Crippen LogP contribution in [0.4, 0.5) is 0 Å². The molecule has 1 saturated heterocycles. The fraction of sp³-hybridized carbons (Fsp3) is 0.621. The lowest BCUT2D eigenvalue weighted by molar-refractivity contribution is -0.149. The molecule has 2 fully saturated rings. The SMILES string of the molecule is CCCOCC1CCC(Oc2ccc3cc(CN4CCC(C(=O)OCC)CC4)ccc3c2)CC1. The first kappa shape index (κ1) is 25.0. The molecule has 2 aromatic carbocycles. The van der Waals surface area contributed by atoms with Gasteiger partial charge in [0.05, 0.1) is 18.6 Å². The largest absolute Gasteiger partial charge is 0.490 e. The highest BCUT2D eigenvalue weighted by atomic mass is 16.5. The molecule has 0 radical (unpaired) electrons. The Bertz CT molecular complexity index is 913. The second-order valence-corrected chi connectivity index (χ2v) is 9.98. The van der Waals surface area contributed by atoms with Gasteiger partial charge in [-0.1, -0.05) is 25.1 Å². The van der Waals surface area contributed by atoms with Crippen LogP contribution in [0.15, 0.2) is 36.4 Å². The van der Waals surface area contributed by atoms with Crippen molar-refractivity contribution in [1.82, 2.24) is 4.90 Å². The van der Waals surface area contributed by atoms with Gasteiger partial charge in [-0.2, -0.15) is 0 Å². The maximum absolute atomic E-state index is 12.0. The number of likely N-dealkylation sites (tertiary alicyclic amines) is 1. The number of fused-ring (bicyclic) bond motifs is 1. The van der Waals surface area contributed by atoms with E-state index in [2.05, 4.69) is 48.2 Å². The molecule has 0 bridgehead atoms. The van der Waals surface area contributed by atoms with Gasteiger partial charge in [-0.3, -0.25) is 9.69 Å². The Morgan fingerprint density at radius 2 is 1.68 bits per heavy atom. The van der Waals surface area contributed by atoms with Crippen LogP contribution in [0, 0.1) is 11.8 Å². The number of carbonyl (C=O) groups is 1. The molecule has 5 nitrogen and oxygen atoms in total. The van der Waals surface area contributed by atoms with E-state index in [1.165, 1.54) is 29.2 Å². The molecule has 0 amide bonds. The molecule has 0 unspecified atom stereocenters. The summed E-state index contributed by atoms with van der Waals surface area (Å²) in [6, 6.07) is 13.2. The van der Waals surface area contributed by atoms with E-state index in [0.29, 0.717) is 18.6 Å². The second kappa shape index (κ2) is 12.6. The third-order valence-corrected chi connectivity index (χ3v) is 7.29. The summed E-state index contributed by atoms with van der Waals surface area (Å²) in [6.07, 6.45) is 7.81. The summed E-state index contributed by atoms with van der Waals surface area (Å²) >= 11 is 0. The van der Waals surface area contributed by atoms with Crippen LogP contribution in [-0.2, 0) is 20.8 Å². The maximum atomic E-state index is 12.0. The van der Waals surface area contributed by atoms with Gasteiger partial charge in [0, 0.05) is 19.8 Å². The number of benzene rings is 2. The zero-order chi connectivity index (χ0) is 23.8. The van der Waals surface area contributed by atoms with Crippen molar-refractivity contribution < 1.29 is 19.0 Å². The van der Waals surface area contributed by atoms with E-state index < -0.39 is 0 Å². The van der Waals surface area contributed by atoms with Gasteiger partial charge in [0.2, 0.25) is 0 Å². The molecule has 1 saturated carbocycles. The van der Waals surface area contributed by atoms with Gasteiger partial charge in [0.15, 0.2) is 0 Å². The van der Waals surface area contributed by atoms with Crippen molar-refractivity contribution in [1.29, 1.82) is 0 Å². The van der Waals surface area contributed by atoms with E-state index in [0.717, 1.165) is 70.7 Å². The van der Waals surface area contributed by atoms with Crippen LogP contribution < -0.4 is 4.74 Å². The number of nitrogens with zero attached hydrogens (tertiary/aromatic N) is 1. The van der Waals surface area contributed by atoms with Crippen LogP contribution in [0.2, 0.25) is 0 Å². The molecule has 1 heterocycles. The molecular weight excluding hydrogens is 426 g/mol. The zero-order valence-corrected chi connectivity index (χ0v) is 21.0. The van der Waals surface area contributed by atoms with E-state index in [4.69, 9.17) is 14.2 Å². The Kier molecular flexibility index (Phi) is 9.23. The summed E-state index contributed by atoms with van der Waals surface area (Å²) in [5.41, 5.74) is 1.32. The number of hydrogen-bond donors (Lipinski definition) is 0. The number of carbonyl (C=O) groups excluding carboxylic acids is 1. The Labute approximate surface area is 204 Å². The highest BCUT2D eigenvalue weighted by Crippen LogP contribution is 2.30. The molecule has 2 aliphatic rings. The van der Waals surface area contributed by atoms with Gasteiger partial charge in [0.1, 0.15) is 5.75 Å². The summed E-state index contributed by atoms with van der Waals surface area (Å²) in [5.74, 6) is 1.71. The first-order valence-corrected chi connectivity index (χ1v) is 13.3. The molecule has 4 rings (SSSR count). The summed E-state index contributed by atoms with van der Waals surface area (Å²) in [7, 11) is 0. The number of esters is 1. The van der Waals surface area contributed by atoms with E-state index in [9.17, 15) is 4.79 Å². The van der Waals surface area contributed by atoms with Gasteiger partial charge in [-0.05, 0) is 105 Å². The lowest BCUT2D eigenvalue weighted by atomic mass is 9.88. The lowest BCUT2D eigenvalue weighted by Crippen LogP contribution is -2.36. The molecule has 0 atom stereocenters. The fourth-order valence-electron chi connectivity index (χ4n) is 5.29. The molecule has 34 heavy (non-hydrogen) atoms. The maximum Gasteiger partial charge on any atom is 0.309 e. The Morgan fingerprint density at radius 3 is 2.41 bits per heavy atom. The first-order chi connectivity index (χ1) is 16.6. The summed E-state index contributed by atoms with van der Waals surface area (Å²) < 4.78 is 17.3. The Morgan fingerprint density at radius 1 is 0.941 bits per heavy atom. The summed E-state index contributed by atoms with van der Waals surface area (Å²) in [4.78, 5) is 14.4. The van der Waals surface area contributed by atoms with Crippen molar-refractivity contribution in [2.45, 2.75) is 71.4 Å². The number of piperidine rings is 1. The molecule has 1 aliphatic carbocycles. The topological polar surface area (TPSA) is 48.0 Å². The molecule has 186 valence electrons. The molecule has 0 N–H and O–H groups in total.